The van der Waals surface area contributed by atoms with E-state index in [9.17, 15) is 13.6 Å². The lowest BCUT2D eigenvalue weighted by Gasteiger charge is -2.37. The quantitative estimate of drug-likeness (QED) is 0.797. The molecule has 1 amide bonds. The molecule has 5 heteroatoms. The van der Waals surface area contributed by atoms with Crippen LogP contribution >= 0.6 is 0 Å². The Morgan fingerprint density at radius 2 is 2.12 bits per heavy atom. The summed E-state index contributed by atoms with van der Waals surface area (Å²) in [4.78, 5) is 11.2. The Kier molecular flexibility index (Phi) is 2.41. The smallest absolute Gasteiger partial charge is 0.252 e. The van der Waals surface area contributed by atoms with Crippen molar-refractivity contribution in [3.63, 3.8) is 0 Å². The molecule has 0 aromatic heterocycles. The fourth-order valence-corrected chi connectivity index (χ4v) is 2.50. The minimum atomic E-state index is -2.75. The second-order valence-corrected chi connectivity index (χ2v) is 5.03. The summed E-state index contributed by atoms with van der Waals surface area (Å²) in [5.41, 5.74) is 4.59. The third-order valence-electron chi connectivity index (χ3n) is 3.88. The zero-order valence-electron chi connectivity index (χ0n) is 8.88. The monoisotopic (exact) mass is 228 g/mol. The standard InChI is InChI=1S/C11H14F2N2O/c12-11(13)5-8(11)7(9(15)16)4-10(6-14)2-1-3-10/h7-8H,1-5H2,(H2,15,16). The Balaban J connectivity index is 2.05. The summed E-state index contributed by atoms with van der Waals surface area (Å²) in [6.45, 7) is 0. The molecule has 2 unspecified atom stereocenters. The molecule has 2 saturated carbocycles. The van der Waals surface area contributed by atoms with Gasteiger partial charge in [-0.15, -0.1) is 0 Å². The Labute approximate surface area is 92.6 Å². The van der Waals surface area contributed by atoms with E-state index in [1.807, 2.05) is 0 Å². The molecule has 0 aliphatic heterocycles. The van der Waals surface area contributed by atoms with Gasteiger partial charge in [0.05, 0.1) is 11.5 Å². The van der Waals surface area contributed by atoms with Crippen molar-refractivity contribution in [1.29, 1.82) is 5.26 Å². The molecule has 3 nitrogen and oxygen atoms in total. The van der Waals surface area contributed by atoms with Crippen LogP contribution in [0, 0.1) is 28.6 Å². The van der Waals surface area contributed by atoms with E-state index < -0.39 is 29.1 Å². The lowest BCUT2D eigenvalue weighted by atomic mass is 9.64. The van der Waals surface area contributed by atoms with Crippen LogP contribution in [0.25, 0.3) is 0 Å². The van der Waals surface area contributed by atoms with Gasteiger partial charge in [-0.05, 0) is 19.3 Å². The maximum absolute atomic E-state index is 12.9. The Bertz CT molecular complexity index is 357. The van der Waals surface area contributed by atoms with Crippen LogP contribution in [0.1, 0.15) is 32.1 Å². The van der Waals surface area contributed by atoms with E-state index in [-0.39, 0.29) is 12.8 Å². The first-order valence-electron chi connectivity index (χ1n) is 5.49. The maximum Gasteiger partial charge on any atom is 0.252 e. The first kappa shape index (κ1) is 11.3. The highest BCUT2D eigenvalue weighted by molar-refractivity contribution is 5.77. The average Bonchev–Trinajstić information content (AvgIpc) is 2.73. The van der Waals surface area contributed by atoms with Crippen molar-refractivity contribution in [3.8, 4) is 6.07 Å². The van der Waals surface area contributed by atoms with Crippen LogP contribution in [-0.2, 0) is 4.79 Å². The van der Waals surface area contributed by atoms with Gasteiger partial charge in [-0.2, -0.15) is 5.26 Å². The third kappa shape index (κ3) is 1.77. The van der Waals surface area contributed by atoms with Gasteiger partial charge in [0.15, 0.2) is 0 Å². The highest BCUT2D eigenvalue weighted by Gasteiger charge is 2.62. The number of nitrogens with two attached hydrogens (primary N) is 1. The van der Waals surface area contributed by atoms with Gasteiger partial charge in [-0.1, -0.05) is 6.42 Å². The van der Waals surface area contributed by atoms with Gasteiger partial charge in [0, 0.05) is 18.3 Å². The predicted octanol–water partition coefficient (Wildman–Crippen LogP) is 1.83. The van der Waals surface area contributed by atoms with Crippen molar-refractivity contribution in [3.05, 3.63) is 0 Å². The summed E-state index contributed by atoms with van der Waals surface area (Å²) in [5, 5.41) is 9.01. The zero-order valence-corrected chi connectivity index (χ0v) is 8.88. The normalized spacial score (nSPS) is 30.9. The molecule has 0 heterocycles. The van der Waals surface area contributed by atoms with Gasteiger partial charge in [0.25, 0.3) is 5.92 Å². The molecule has 2 atom stereocenters. The highest BCUT2D eigenvalue weighted by atomic mass is 19.3. The van der Waals surface area contributed by atoms with Crippen LogP contribution in [0.15, 0.2) is 0 Å². The number of amides is 1. The summed E-state index contributed by atoms with van der Waals surface area (Å²) in [7, 11) is 0. The first-order valence-corrected chi connectivity index (χ1v) is 5.49. The van der Waals surface area contributed by atoms with Gasteiger partial charge in [-0.3, -0.25) is 4.79 Å². The number of carbonyl (C=O) groups is 1. The fraction of sp³-hybridized carbons (Fsp3) is 0.818. The SMILES string of the molecule is N#CC1(CC(C(N)=O)C2CC2(F)F)CCC1. The van der Waals surface area contributed by atoms with Gasteiger partial charge in [0.2, 0.25) is 5.91 Å². The van der Waals surface area contributed by atoms with Crippen molar-refractivity contribution in [1.82, 2.24) is 0 Å². The molecular formula is C11H14F2N2O. The Hall–Kier alpha value is -1.18. The van der Waals surface area contributed by atoms with E-state index in [2.05, 4.69) is 6.07 Å². The third-order valence-corrected chi connectivity index (χ3v) is 3.88. The van der Waals surface area contributed by atoms with E-state index >= 15 is 0 Å². The molecule has 2 N–H and O–H groups in total. The molecule has 0 aromatic rings. The lowest BCUT2D eigenvalue weighted by Crippen LogP contribution is -2.36. The van der Waals surface area contributed by atoms with Gasteiger partial charge in [-0.25, -0.2) is 8.78 Å². The molecular weight excluding hydrogens is 214 g/mol. The Morgan fingerprint density at radius 3 is 2.38 bits per heavy atom. The molecule has 16 heavy (non-hydrogen) atoms. The van der Waals surface area contributed by atoms with Crippen LogP contribution in [0.2, 0.25) is 0 Å². The minimum Gasteiger partial charge on any atom is -0.369 e. The average molecular weight is 228 g/mol. The number of alkyl halides is 2. The summed E-state index contributed by atoms with van der Waals surface area (Å²) in [6.07, 6.45) is 2.28. The number of hydrogen-bond acceptors (Lipinski definition) is 2. The number of carbonyl (C=O) groups excluding carboxylic acids is 1. The number of halogens is 2. The largest absolute Gasteiger partial charge is 0.369 e. The minimum absolute atomic E-state index is 0.207. The second-order valence-electron chi connectivity index (χ2n) is 5.03. The molecule has 0 bridgehead atoms. The van der Waals surface area contributed by atoms with Gasteiger partial charge < -0.3 is 5.73 Å². The number of rotatable bonds is 4. The van der Waals surface area contributed by atoms with Crippen molar-refractivity contribution < 1.29 is 13.6 Å². The summed E-state index contributed by atoms with van der Waals surface area (Å²) in [5.74, 6) is -5.21. The molecule has 0 radical (unpaired) electrons. The van der Waals surface area contributed by atoms with Crippen molar-refractivity contribution in [2.24, 2.45) is 23.0 Å². The highest BCUT2D eigenvalue weighted by Crippen LogP contribution is 2.57. The van der Waals surface area contributed by atoms with Crippen LogP contribution in [0.5, 0.6) is 0 Å². The number of nitriles is 1. The maximum atomic E-state index is 12.9. The number of nitrogens with zero attached hydrogens (tertiary/aromatic N) is 1. The predicted molar refractivity (Wildman–Crippen MR) is 52.3 cm³/mol. The second kappa shape index (κ2) is 3.41. The number of primary amides is 1. The van der Waals surface area contributed by atoms with Crippen LogP contribution in [0.3, 0.4) is 0 Å². The summed E-state index contributed by atoms with van der Waals surface area (Å²) in [6, 6.07) is 2.16. The fourth-order valence-electron chi connectivity index (χ4n) is 2.50. The van der Waals surface area contributed by atoms with Crippen molar-refractivity contribution in [2.75, 3.05) is 0 Å². The van der Waals surface area contributed by atoms with Gasteiger partial charge in [0.1, 0.15) is 0 Å². The van der Waals surface area contributed by atoms with Crippen molar-refractivity contribution >= 4 is 5.91 Å². The summed E-state index contributed by atoms with van der Waals surface area (Å²) >= 11 is 0. The molecule has 88 valence electrons. The van der Waals surface area contributed by atoms with E-state index in [1.165, 1.54) is 0 Å². The molecule has 2 aliphatic rings. The van der Waals surface area contributed by atoms with Crippen molar-refractivity contribution in [2.45, 2.75) is 38.0 Å². The van der Waals surface area contributed by atoms with Crippen LogP contribution in [-0.4, -0.2) is 11.8 Å². The molecule has 2 aliphatic carbocycles. The first-order chi connectivity index (χ1) is 7.40. The molecule has 2 rings (SSSR count). The van der Waals surface area contributed by atoms with Crippen LogP contribution < -0.4 is 5.73 Å². The van der Waals surface area contributed by atoms with E-state index in [0.29, 0.717) is 12.8 Å². The number of hydrogen-bond donors (Lipinski definition) is 1. The molecule has 2 fully saturated rings. The van der Waals surface area contributed by atoms with Gasteiger partial charge >= 0.3 is 0 Å². The Morgan fingerprint density at radius 1 is 1.56 bits per heavy atom. The summed E-state index contributed by atoms with van der Waals surface area (Å²) < 4.78 is 25.8. The molecule has 0 saturated heterocycles. The zero-order chi connectivity index (χ0) is 12.0. The van der Waals surface area contributed by atoms with E-state index in [0.717, 1.165) is 6.42 Å². The topological polar surface area (TPSA) is 66.9 Å². The van der Waals surface area contributed by atoms with Crippen LogP contribution in [0.4, 0.5) is 8.78 Å². The molecule has 0 aromatic carbocycles. The molecule has 0 spiro atoms. The van der Waals surface area contributed by atoms with E-state index in [4.69, 9.17) is 11.0 Å². The lowest BCUT2D eigenvalue weighted by molar-refractivity contribution is -0.124. The van der Waals surface area contributed by atoms with E-state index in [1.54, 1.807) is 0 Å².